The van der Waals surface area contributed by atoms with Crippen molar-refractivity contribution in [3.05, 3.63) is 70.8 Å². The summed E-state index contributed by atoms with van der Waals surface area (Å²) in [6, 6.07) is 12.4. The second-order valence-electron chi connectivity index (χ2n) is 6.10. The molecular weight excluding hydrogens is 316 g/mol. The first-order valence-corrected chi connectivity index (χ1v) is 8.12. The molecule has 4 heteroatoms. The number of hydrogen-bond donors (Lipinski definition) is 1. The van der Waals surface area contributed by atoms with Crippen molar-refractivity contribution >= 4 is 11.8 Å². The molecule has 2 rings (SSSR count). The molecule has 0 atom stereocenters. The highest BCUT2D eigenvalue weighted by atomic mass is 16.5. The Morgan fingerprint density at radius 3 is 2.32 bits per heavy atom. The Kier molecular flexibility index (Phi) is 6.12. The summed E-state index contributed by atoms with van der Waals surface area (Å²) in [6.07, 6.45) is 2.49. The van der Waals surface area contributed by atoms with Gasteiger partial charge in [0, 0.05) is 18.9 Å². The van der Waals surface area contributed by atoms with Crippen LogP contribution in [0.5, 0.6) is 11.5 Å². The fourth-order valence-corrected chi connectivity index (χ4v) is 2.47. The molecule has 2 aromatic rings. The van der Waals surface area contributed by atoms with Gasteiger partial charge in [0.05, 0.1) is 5.56 Å². The van der Waals surface area contributed by atoms with E-state index in [9.17, 15) is 14.7 Å². The van der Waals surface area contributed by atoms with Gasteiger partial charge >= 0.3 is 5.97 Å². The number of ether oxygens (including phenoxy) is 1. The lowest BCUT2D eigenvalue weighted by Crippen LogP contribution is -2.08. The molecule has 0 aliphatic carbocycles. The van der Waals surface area contributed by atoms with Crippen LogP contribution in [0.4, 0.5) is 0 Å². The molecule has 0 saturated heterocycles. The summed E-state index contributed by atoms with van der Waals surface area (Å²) in [6.45, 7) is 5.18. The van der Waals surface area contributed by atoms with Crippen LogP contribution in [0.25, 0.3) is 0 Å². The van der Waals surface area contributed by atoms with Gasteiger partial charge in [0.2, 0.25) is 0 Å². The number of ketones is 1. The third kappa shape index (κ3) is 5.05. The summed E-state index contributed by atoms with van der Waals surface area (Å²) in [4.78, 5) is 23.9. The maximum atomic E-state index is 12.6. The first kappa shape index (κ1) is 18.5. The molecule has 2 aromatic carbocycles. The highest BCUT2D eigenvalue weighted by molar-refractivity contribution is 6.00. The Hall–Kier alpha value is -2.88. The molecule has 4 nitrogen and oxygen atoms in total. The minimum atomic E-state index is -0.471. The van der Waals surface area contributed by atoms with Crippen LogP contribution < -0.4 is 4.74 Å². The number of phenolic OH excluding ortho intramolecular Hbond substituents is 1. The van der Waals surface area contributed by atoms with Crippen molar-refractivity contribution in [3.63, 3.8) is 0 Å². The molecule has 0 spiro atoms. The molecule has 0 heterocycles. The van der Waals surface area contributed by atoms with Gasteiger partial charge in [0.1, 0.15) is 11.5 Å². The van der Waals surface area contributed by atoms with E-state index >= 15 is 0 Å². The number of allylic oxidation sites excluding steroid dienone is 2. The SMILES string of the molecule is CC(=O)Oc1ccc(C(=O)Cc2ccccc2)c(O)c1CC=C(C)C. The number of rotatable bonds is 6. The van der Waals surface area contributed by atoms with Crippen LogP contribution >= 0.6 is 0 Å². The van der Waals surface area contributed by atoms with E-state index in [2.05, 4.69) is 0 Å². The molecule has 0 fully saturated rings. The Morgan fingerprint density at radius 1 is 1.04 bits per heavy atom. The van der Waals surface area contributed by atoms with Crippen LogP contribution in [0.3, 0.4) is 0 Å². The monoisotopic (exact) mass is 338 g/mol. The first-order valence-electron chi connectivity index (χ1n) is 8.12. The molecule has 25 heavy (non-hydrogen) atoms. The van der Waals surface area contributed by atoms with E-state index in [4.69, 9.17) is 4.74 Å². The van der Waals surface area contributed by atoms with Crippen molar-refractivity contribution in [2.75, 3.05) is 0 Å². The summed E-state index contributed by atoms with van der Waals surface area (Å²) in [5.41, 5.74) is 2.61. The molecule has 130 valence electrons. The van der Waals surface area contributed by atoms with Gasteiger partial charge in [-0.3, -0.25) is 9.59 Å². The second kappa shape index (κ2) is 8.29. The van der Waals surface area contributed by atoms with Gasteiger partial charge in [-0.1, -0.05) is 42.0 Å². The van der Waals surface area contributed by atoms with E-state index in [-0.39, 0.29) is 29.3 Å². The minimum absolute atomic E-state index is 0.128. The van der Waals surface area contributed by atoms with Crippen LogP contribution in [-0.4, -0.2) is 16.9 Å². The summed E-state index contributed by atoms with van der Waals surface area (Å²) >= 11 is 0. The van der Waals surface area contributed by atoms with Crippen molar-refractivity contribution < 1.29 is 19.4 Å². The number of esters is 1. The number of Topliss-reactive ketones (excluding diaryl/α,β-unsaturated/α-hetero) is 1. The number of benzene rings is 2. The Bertz CT molecular complexity index is 800. The van der Waals surface area contributed by atoms with E-state index in [0.717, 1.165) is 11.1 Å². The number of phenols is 1. The molecule has 1 N–H and O–H groups in total. The Morgan fingerprint density at radius 2 is 1.72 bits per heavy atom. The standard InChI is InChI=1S/C21H22O4/c1-14(2)9-10-18-20(25-15(3)22)12-11-17(21(18)24)19(23)13-16-7-5-4-6-8-16/h4-9,11-12,24H,10,13H2,1-3H3. The molecular formula is C21H22O4. The second-order valence-corrected chi connectivity index (χ2v) is 6.10. The van der Waals surface area contributed by atoms with Gasteiger partial charge in [-0.05, 0) is 38.0 Å². The molecule has 0 aromatic heterocycles. The third-order valence-corrected chi connectivity index (χ3v) is 3.72. The lowest BCUT2D eigenvalue weighted by atomic mass is 9.97. The molecule has 0 radical (unpaired) electrons. The van der Waals surface area contributed by atoms with E-state index in [1.165, 1.54) is 13.0 Å². The van der Waals surface area contributed by atoms with Crippen molar-refractivity contribution in [2.45, 2.75) is 33.6 Å². The topological polar surface area (TPSA) is 63.6 Å². The molecule has 0 bridgehead atoms. The zero-order valence-electron chi connectivity index (χ0n) is 14.7. The molecule has 0 amide bonds. The van der Waals surface area contributed by atoms with Gasteiger partial charge < -0.3 is 9.84 Å². The molecule has 0 saturated carbocycles. The summed E-state index contributed by atoms with van der Waals surface area (Å²) in [5, 5.41) is 10.6. The van der Waals surface area contributed by atoms with Gasteiger partial charge in [-0.2, -0.15) is 0 Å². The van der Waals surface area contributed by atoms with Gasteiger partial charge in [-0.25, -0.2) is 0 Å². The fraction of sp³-hybridized carbons (Fsp3) is 0.238. The number of carbonyl (C=O) groups excluding carboxylic acids is 2. The number of aromatic hydroxyl groups is 1. The highest BCUT2D eigenvalue weighted by Crippen LogP contribution is 2.33. The van der Waals surface area contributed by atoms with E-state index in [0.29, 0.717) is 12.0 Å². The largest absolute Gasteiger partial charge is 0.507 e. The van der Waals surface area contributed by atoms with Crippen molar-refractivity contribution in [2.24, 2.45) is 0 Å². The van der Waals surface area contributed by atoms with Crippen molar-refractivity contribution in [1.82, 2.24) is 0 Å². The maximum absolute atomic E-state index is 12.6. The number of hydrogen-bond acceptors (Lipinski definition) is 4. The number of carbonyl (C=O) groups is 2. The smallest absolute Gasteiger partial charge is 0.308 e. The normalized spacial score (nSPS) is 10.2. The average molecular weight is 338 g/mol. The predicted octanol–water partition coefficient (Wildman–Crippen LogP) is 4.25. The van der Waals surface area contributed by atoms with Gasteiger partial charge in [0.15, 0.2) is 5.78 Å². The Balaban J connectivity index is 2.38. The summed E-state index contributed by atoms with van der Waals surface area (Å²) in [5.74, 6) is -0.506. The molecule has 0 aliphatic rings. The molecule has 0 unspecified atom stereocenters. The summed E-state index contributed by atoms with van der Waals surface area (Å²) < 4.78 is 5.17. The zero-order valence-corrected chi connectivity index (χ0v) is 14.7. The van der Waals surface area contributed by atoms with Crippen LogP contribution in [0, 0.1) is 0 Å². The third-order valence-electron chi connectivity index (χ3n) is 3.72. The lowest BCUT2D eigenvalue weighted by Gasteiger charge is -2.13. The fourth-order valence-electron chi connectivity index (χ4n) is 2.47. The maximum Gasteiger partial charge on any atom is 0.308 e. The van der Waals surface area contributed by atoms with Crippen LogP contribution in [0.2, 0.25) is 0 Å². The average Bonchev–Trinajstić information content (AvgIpc) is 2.54. The van der Waals surface area contributed by atoms with Gasteiger partial charge in [-0.15, -0.1) is 0 Å². The van der Waals surface area contributed by atoms with E-state index in [1.807, 2.05) is 50.3 Å². The van der Waals surface area contributed by atoms with Crippen LogP contribution in [0.15, 0.2) is 54.1 Å². The zero-order chi connectivity index (χ0) is 18.4. The lowest BCUT2D eigenvalue weighted by molar-refractivity contribution is -0.131. The van der Waals surface area contributed by atoms with Crippen LogP contribution in [0.1, 0.15) is 42.3 Å². The summed E-state index contributed by atoms with van der Waals surface area (Å²) in [7, 11) is 0. The highest BCUT2D eigenvalue weighted by Gasteiger charge is 2.19. The molecule has 0 aliphatic heterocycles. The van der Waals surface area contributed by atoms with E-state index in [1.54, 1.807) is 6.07 Å². The van der Waals surface area contributed by atoms with E-state index < -0.39 is 5.97 Å². The van der Waals surface area contributed by atoms with Crippen LogP contribution in [-0.2, 0) is 17.6 Å². The first-order chi connectivity index (χ1) is 11.9. The predicted molar refractivity (Wildman–Crippen MR) is 97.0 cm³/mol. The quantitative estimate of drug-likeness (QED) is 0.370. The Labute approximate surface area is 147 Å². The van der Waals surface area contributed by atoms with Crippen molar-refractivity contribution in [1.29, 1.82) is 0 Å². The van der Waals surface area contributed by atoms with Crippen molar-refractivity contribution in [3.8, 4) is 11.5 Å². The minimum Gasteiger partial charge on any atom is -0.507 e. The van der Waals surface area contributed by atoms with Gasteiger partial charge in [0.25, 0.3) is 0 Å².